The number of aryl methyl sites for hydroxylation is 1. The predicted octanol–water partition coefficient (Wildman–Crippen LogP) is 1.96. The third-order valence-corrected chi connectivity index (χ3v) is 4.51. The number of anilines is 1. The van der Waals surface area contributed by atoms with E-state index < -0.39 is 11.9 Å². The molecule has 0 saturated carbocycles. The van der Waals surface area contributed by atoms with Gasteiger partial charge in [-0.3, -0.25) is 9.59 Å². The van der Waals surface area contributed by atoms with Crippen molar-refractivity contribution < 1.29 is 28.6 Å². The van der Waals surface area contributed by atoms with Crippen LogP contribution in [-0.2, 0) is 16.1 Å². The number of carbonyl (C=O) groups excluding carboxylic acids is 2. The molecule has 2 aromatic rings. The van der Waals surface area contributed by atoms with Crippen molar-refractivity contribution in [1.82, 2.24) is 5.32 Å². The summed E-state index contributed by atoms with van der Waals surface area (Å²) in [5, 5.41) is 11.7. The largest absolute Gasteiger partial charge is 0.495 e. The first-order valence-electron chi connectivity index (χ1n) is 8.44. The molecule has 0 radical (unpaired) electrons. The second kappa shape index (κ2) is 7.53. The van der Waals surface area contributed by atoms with Crippen LogP contribution < -0.4 is 15.0 Å². The molecule has 1 atom stereocenters. The van der Waals surface area contributed by atoms with Crippen LogP contribution in [0.5, 0.6) is 5.75 Å². The number of nitrogens with zero attached hydrogens (tertiary/aromatic N) is 1. The molecule has 142 valence electrons. The van der Waals surface area contributed by atoms with Gasteiger partial charge in [-0.05, 0) is 25.1 Å². The lowest BCUT2D eigenvalue weighted by atomic mass is 10.1. The number of carbonyl (C=O) groups is 3. The summed E-state index contributed by atoms with van der Waals surface area (Å²) in [5.74, 6) is -0.818. The lowest BCUT2D eigenvalue weighted by molar-refractivity contribution is -0.126. The van der Waals surface area contributed by atoms with Gasteiger partial charge in [0.2, 0.25) is 11.8 Å². The van der Waals surface area contributed by atoms with E-state index in [0.717, 1.165) is 0 Å². The molecule has 1 aliphatic rings. The summed E-state index contributed by atoms with van der Waals surface area (Å²) in [6.07, 6.45) is 0.0987. The third-order valence-electron chi connectivity index (χ3n) is 4.51. The number of nitrogens with one attached hydrogen (secondary N) is 1. The van der Waals surface area contributed by atoms with Crippen LogP contribution in [0.1, 0.15) is 28.3 Å². The smallest absolute Gasteiger partial charge is 0.339 e. The number of amides is 2. The van der Waals surface area contributed by atoms with Gasteiger partial charge in [0.05, 0.1) is 25.3 Å². The van der Waals surface area contributed by atoms with Crippen molar-refractivity contribution in [2.75, 3.05) is 18.6 Å². The van der Waals surface area contributed by atoms with Gasteiger partial charge in [-0.2, -0.15) is 0 Å². The molecule has 0 spiro atoms. The normalized spacial score (nSPS) is 16.4. The van der Waals surface area contributed by atoms with Crippen molar-refractivity contribution in [3.63, 3.8) is 0 Å². The Hall–Kier alpha value is -3.29. The summed E-state index contributed by atoms with van der Waals surface area (Å²) >= 11 is 0. The molecule has 1 aromatic heterocycles. The highest BCUT2D eigenvalue weighted by Crippen LogP contribution is 2.32. The van der Waals surface area contributed by atoms with Crippen LogP contribution in [0.15, 0.2) is 34.7 Å². The van der Waals surface area contributed by atoms with E-state index in [1.807, 2.05) is 6.07 Å². The maximum atomic E-state index is 12.4. The average Bonchev–Trinajstić information content (AvgIpc) is 3.22. The van der Waals surface area contributed by atoms with Crippen LogP contribution in [0.2, 0.25) is 0 Å². The van der Waals surface area contributed by atoms with Gasteiger partial charge in [0, 0.05) is 13.0 Å². The molecule has 0 unspecified atom stereocenters. The van der Waals surface area contributed by atoms with Gasteiger partial charge >= 0.3 is 5.97 Å². The molecule has 1 aliphatic heterocycles. The molecule has 2 amide bonds. The van der Waals surface area contributed by atoms with E-state index in [1.165, 1.54) is 13.2 Å². The van der Waals surface area contributed by atoms with Crippen molar-refractivity contribution in [3.8, 4) is 5.75 Å². The molecule has 1 saturated heterocycles. The van der Waals surface area contributed by atoms with Crippen LogP contribution in [0.4, 0.5) is 5.69 Å². The Morgan fingerprint density at radius 1 is 1.37 bits per heavy atom. The van der Waals surface area contributed by atoms with E-state index in [9.17, 15) is 14.4 Å². The van der Waals surface area contributed by atoms with Gasteiger partial charge in [0.25, 0.3) is 0 Å². The number of carboxylic acids is 1. The van der Waals surface area contributed by atoms with Gasteiger partial charge in [0.1, 0.15) is 22.8 Å². The number of methoxy groups -OCH3 is 1. The summed E-state index contributed by atoms with van der Waals surface area (Å²) in [6, 6.07) is 8.53. The van der Waals surface area contributed by atoms with Crippen molar-refractivity contribution in [3.05, 3.63) is 47.4 Å². The zero-order valence-electron chi connectivity index (χ0n) is 15.0. The third kappa shape index (κ3) is 3.79. The first-order valence-corrected chi connectivity index (χ1v) is 8.44. The van der Waals surface area contributed by atoms with Crippen LogP contribution >= 0.6 is 0 Å². The highest BCUT2D eigenvalue weighted by molar-refractivity contribution is 6.01. The maximum Gasteiger partial charge on any atom is 0.339 e. The zero-order chi connectivity index (χ0) is 19.6. The minimum Gasteiger partial charge on any atom is -0.495 e. The Kier molecular flexibility index (Phi) is 5.16. The lowest BCUT2D eigenvalue weighted by Gasteiger charge is -2.19. The van der Waals surface area contributed by atoms with Gasteiger partial charge in [-0.25, -0.2) is 4.79 Å². The Labute approximate surface area is 155 Å². The first kappa shape index (κ1) is 18.5. The lowest BCUT2D eigenvalue weighted by Crippen LogP contribution is -2.32. The number of rotatable bonds is 6. The summed E-state index contributed by atoms with van der Waals surface area (Å²) in [4.78, 5) is 37.4. The second-order valence-electron chi connectivity index (χ2n) is 6.28. The van der Waals surface area contributed by atoms with Crippen molar-refractivity contribution in [2.45, 2.75) is 19.9 Å². The van der Waals surface area contributed by atoms with Gasteiger partial charge in [-0.1, -0.05) is 12.1 Å². The van der Waals surface area contributed by atoms with E-state index >= 15 is 0 Å². The Balaban J connectivity index is 1.64. The van der Waals surface area contributed by atoms with Crippen LogP contribution in [0, 0.1) is 12.8 Å². The second-order valence-corrected chi connectivity index (χ2v) is 6.28. The fourth-order valence-electron chi connectivity index (χ4n) is 3.13. The Morgan fingerprint density at radius 2 is 2.11 bits per heavy atom. The van der Waals surface area contributed by atoms with Crippen molar-refractivity contribution in [1.29, 1.82) is 0 Å². The number of furan rings is 1. The van der Waals surface area contributed by atoms with Crippen LogP contribution in [-0.4, -0.2) is 36.5 Å². The highest BCUT2D eigenvalue weighted by atomic mass is 16.5. The average molecular weight is 372 g/mol. The van der Waals surface area contributed by atoms with Gasteiger partial charge in [-0.15, -0.1) is 0 Å². The molecule has 1 fully saturated rings. The van der Waals surface area contributed by atoms with E-state index in [4.69, 9.17) is 14.3 Å². The quantitative estimate of drug-likeness (QED) is 0.802. The molecule has 8 heteroatoms. The Bertz CT molecular complexity index is 888. The molecule has 0 bridgehead atoms. The number of hydrogen-bond donors (Lipinski definition) is 2. The molecular formula is C19H20N2O6. The maximum absolute atomic E-state index is 12.4. The topological polar surface area (TPSA) is 109 Å². The van der Waals surface area contributed by atoms with E-state index in [0.29, 0.717) is 17.2 Å². The van der Waals surface area contributed by atoms with E-state index in [2.05, 4.69) is 5.32 Å². The fraction of sp³-hybridized carbons (Fsp3) is 0.316. The number of carboxylic acid groups (broad SMARTS) is 1. The molecule has 3 rings (SSSR count). The monoisotopic (exact) mass is 372 g/mol. The molecular weight excluding hydrogens is 352 g/mol. The SMILES string of the molecule is COc1ccccc1N1C[C@@H](C(=O)NCc2cc(C(=O)O)c(C)o2)CC1=O. The fourth-order valence-corrected chi connectivity index (χ4v) is 3.13. The van der Waals surface area contributed by atoms with Crippen LogP contribution in [0.25, 0.3) is 0 Å². The highest BCUT2D eigenvalue weighted by Gasteiger charge is 2.36. The summed E-state index contributed by atoms with van der Waals surface area (Å²) in [7, 11) is 1.53. The minimum atomic E-state index is -1.08. The molecule has 27 heavy (non-hydrogen) atoms. The molecule has 1 aromatic carbocycles. The minimum absolute atomic E-state index is 0.0618. The van der Waals surface area contributed by atoms with E-state index in [-0.39, 0.29) is 42.6 Å². The summed E-state index contributed by atoms with van der Waals surface area (Å²) in [5.41, 5.74) is 0.700. The number of hydrogen-bond acceptors (Lipinski definition) is 5. The molecule has 2 heterocycles. The zero-order valence-corrected chi connectivity index (χ0v) is 15.0. The van der Waals surface area contributed by atoms with Gasteiger partial charge in [0.15, 0.2) is 0 Å². The van der Waals surface area contributed by atoms with E-state index in [1.54, 1.807) is 30.0 Å². The van der Waals surface area contributed by atoms with Crippen molar-refractivity contribution in [2.24, 2.45) is 5.92 Å². The predicted molar refractivity (Wildman–Crippen MR) is 95.7 cm³/mol. The summed E-state index contributed by atoms with van der Waals surface area (Å²) < 4.78 is 10.6. The summed E-state index contributed by atoms with van der Waals surface area (Å²) in [6.45, 7) is 1.87. The number of ether oxygens (including phenoxy) is 1. The molecule has 2 N–H and O–H groups in total. The van der Waals surface area contributed by atoms with Crippen molar-refractivity contribution >= 4 is 23.5 Å². The number of aromatic carboxylic acids is 1. The van der Waals surface area contributed by atoms with Gasteiger partial charge < -0.3 is 24.5 Å². The molecule has 0 aliphatic carbocycles. The standard InChI is InChI=1S/C19H20N2O6/c1-11-14(19(24)25)8-13(27-11)9-20-18(23)12-7-17(22)21(10-12)15-5-3-4-6-16(15)26-2/h3-6,8,12H,7,9-10H2,1-2H3,(H,20,23)(H,24,25)/t12-/m0/s1. The van der Waals surface area contributed by atoms with Crippen LogP contribution in [0.3, 0.4) is 0 Å². The Morgan fingerprint density at radius 3 is 2.78 bits per heavy atom. The first-order chi connectivity index (χ1) is 12.9. The number of para-hydroxylation sites is 2. The molecule has 8 nitrogen and oxygen atoms in total. The number of benzene rings is 1.